The molecule has 0 bridgehead atoms. The Morgan fingerprint density at radius 3 is 2.25 bits per heavy atom. The lowest BCUT2D eigenvalue weighted by Gasteiger charge is -2.23. The second-order valence-electron chi connectivity index (χ2n) is 6.24. The summed E-state index contributed by atoms with van der Waals surface area (Å²) in [6.07, 6.45) is 2.15. The third-order valence-corrected chi connectivity index (χ3v) is 2.51. The van der Waals surface area contributed by atoms with Crippen molar-refractivity contribution in [2.45, 2.75) is 47.5 Å². The molecule has 1 N–H and O–H groups in total. The number of nitrogens with one attached hydrogen (secondary N) is 1. The number of rotatable bonds is 6. The normalized spacial score (nSPS) is 12.6. The van der Waals surface area contributed by atoms with Crippen LogP contribution >= 0.6 is 0 Å². The zero-order chi connectivity index (χ0) is 12.8. The summed E-state index contributed by atoms with van der Waals surface area (Å²) in [4.78, 5) is 11.8. The molecule has 0 aromatic heterocycles. The van der Waals surface area contributed by atoms with Gasteiger partial charge in [-0.2, -0.15) is 0 Å². The first kappa shape index (κ1) is 15.4. The quantitative estimate of drug-likeness (QED) is 0.714. The second kappa shape index (κ2) is 6.24. The smallest absolute Gasteiger partial charge is 0.227 e. The number of carbonyl (C=O) groups excluding carboxylic acids is 1. The van der Waals surface area contributed by atoms with Gasteiger partial charge in [0.25, 0.3) is 0 Å². The minimum absolute atomic E-state index is 0. The van der Waals surface area contributed by atoms with E-state index in [1.54, 1.807) is 7.11 Å². The molecule has 0 heterocycles. The fourth-order valence-electron chi connectivity index (χ4n) is 1.49. The molecule has 0 radical (unpaired) electrons. The molecule has 0 rings (SSSR count). The average Bonchev–Trinajstić information content (AvgIpc) is 2.10. The van der Waals surface area contributed by atoms with Crippen LogP contribution in [0.1, 0.15) is 48.9 Å². The number of ether oxygens (including phenoxy) is 1. The molecule has 0 saturated heterocycles. The van der Waals surface area contributed by atoms with Crippen molar-refractivity contribution >= 4 is 5.91 Å². The number of hydrogen-bond acceptors (Lipinski definition) is 2. The van der Waals surface area contributed by atoms with Gasteiger partial charge in [-0.15, -0.1) is 0 Å². The molecule has 0 aromatic carbocycles. The zero-order valence-electron chi connectivity index (χ0n) is 11.6. The van der Waals surface area contributed by atoms with E-state index in [-0.39, 0.29) is 7.33 Å². The third kappa shape index (κ3) is 6.83. The lowest BCUT2D eigenvalue weighted by molar-refractivity contribution is -0.131. The van der Waals surface area contributed by atoms with Crippen LogP contribution < -0.4 is 5.32 Å². The summed E-state index contributed by atoms with van der Waals surface area (Å²) in [6, 6.07) is 0. The van der Waals surface area contributed by atoms with Crippen LogP contribution in [0, 0.1) is 10.8 Å². The Balaban J connectivity index is 0. The van der Waals surface area contributed by atoms with Gasteiger partial charge >= 0.3 is 0 Å². The van der Waals surface area contributed by atoms with Crippen LogP contribution in [-0.2, 0) is 9.53 Å². The predicted molar refractivity (Wildman–Crippen MR) is 69.5 cm³/mol. The van der Waals surface area contributed by atoms with Gasteiger partial charge in [0.1, 0.15) is 0 Å². The average molecular weight is 231 g/mol. The molecule has 98 valence electrons. The molecule has 0 spiro atoms. The predicted octanol–water partition coefficient (Wildman–Crippen LogP) is 2.85. The Kier molecular flexibility index (Phi) is 6.01. The standard InChI is InChI=1S/C13H27NO2.H2/c1-12(2,3)8-7-9-14-11(15)13(4,5)10-16-6;/h7-10H2,1-6H3,(H,14,15);1H. The summed E-state index contributed by atoms with van der Waals surface area (Å²) in [5.74, 6) is 0.0725. The van der Waals surface area contributed by atoms with Crippen molar-refractivity contribution in [2.75, 3.05) is 20.3 Å². The van der Waals surface area contributed by atoms with Crippen molar-refractivity contribution in [3.8, 4) is 0 Å². The van der Waals surface area contributed by atoms with Gasteiger partial charge < -0.3 is 10.1 Å². The molecule has 0 aliphatic rings. The van der Waals surface area contributed by atoms with Crippen molar-refractivity contribution in [2.24, 2.45) is 10.8 Å². The van der Waals surface area contributed by atoms with Crippen LogP contribution in [0.2, 0.25) is 0 Å². The first-order valence-electron chi connectivity index (χ1n) is 5.96. The molecule has 0 aliphatic carbocycles. The molecule has 16 heavy (non-hydrogen) atoms. The van der Waals surface area contributed by atoms with E-state index in [1.807, 2.05) is 13.8 Å². The summed E-state index contributed by atoms with van der Waals surface area (Å²) < 4.78 is 5.03. The van der Waals surface area contributed by atoms with Crippen molar-refractivity contribution < 1.29 is 11.0 Å². The van der Waals surface area contributed by atoms with Gasteiger partial charge in [0.2, 0.25) is 5.91 Å². The minimum Gasteiger partial charge on any atom is -0.384 e. The Morgan fingerprint density at radius 2 is 1.81 bits per heavy atom. The third-order valence-electron chi connectivity index (χ3n) is 2.51. The SMILES string of the molecule is COCC(C)(C)C(=O)NCCCC(C)(C)C.[HH]. The van der Waals surface area contributed by atoms with Crippen molar-refractivity contribution in [3.05, 3.63) is 0 Å². The van der Waals surface area contributed by atoms with E-state index in [9.17, 15) is 4.79 Å². The highest BCUT2D eigenvalue weighted by molar-refractivity contribution is 5.81. The van der Waals surface area contributed by atoms with Gasteiger partial charge in [0, 0.05) is 15.1 Å². The first-order valence-corrected chi connectivity index (χ1v) is 5.96. The van der Waals surface area contributed by atoms with Crippen LogP contribution in [0.25, 0.3) is 0 Å². The van der Waals surface area contributed by atoms with Crippen LogP contribution in [0.4, 0.5) is 0 Å². The van der Waals surface area contributed by atoms with E-state index in [1.165, 1.54) is 0 Å². The van der Waals surface area contributed by atoms with Gasteiger partial charge in [0.05, 0.1) is 12.0 Å². The minimum atomic E-state index is -0.434. The lowest BCUT2D eigenvalue weighted by atomic mass is 9.90. The van der Waals surface area contributed by atoms with Crippen molar-refractivity contribution in [1.82, 2.24) is 5.32 Å². The van der Waals surface area contributed by atoms with E-state index in [0.29, 0.717) is 12.0 Å². The molecule has 0 saturated carbocycles. The van der Waals surface area contributed by atoms with Gasteiger partial charge in [-0.25, -0.2) is 0 Å². The molecule has 0 atom stereocenters. The van der Waals surface area contributed by atoms with E-state index >= 15 is 0 Å². The first-order chi connectivity index (χ1) is 7.19. The number of carbonyl (C=O) groups is 1. The van der Waals surface area contributed by atoms with Gasteiger partial charge in [-0.1, -0.05) is 20.8 Å². The fraction of sp³-hybridized carbons (Fsp3) is 0.923. The van der Waals surface area contributed by atoms with Crippen LogP contribution in [0.5, 0.6) is 0 Å². The Hall–Kier alpha value is -0.570. The maximum atomic E-state index is 11.8. The molecule has 3 heteroatoms. The Labute approximate surface area is 101 Å². The molecule has 0 aliphatic heterocycles. The van der Waals surface area contributed by atoms with Gasteiger partial charge in [0.15, 0.2) is 0 Å². The molecule has 1 amide bonds. The highest BCUT2D eigenvalue weighted by atomic mass is 16.5. The summed E-state index contributed by atoms with van der Waals surface area (Å²) in [5.41, 5.74) is -0.0940. The van der Waals surface area contributed by atoms with Crippen molar-refractivity contribution in [1.29, 1.82) is 0 Å². The summed E-state index contributed by atoms with van der Waals surface area (Å²) >= 11 is 0. The van der Waals surface area contributed by atoms with Crippen LogP contribution in [0.3, 0.4) is 0 Å². The van der Waals surface area contributed by atoms with Gasteiger partial charge in [-0.3, -0.25) is 4.79 Å². The largest absolute Gasteiger partial charge is 0.384 e. The highest BCUT2D eigenvalue weighted by Crippen LogP contribution is 2.20. The second-order valence-corrected chi connectivity index (χ2v) is 6.24. The van der Waals surface area contributed by atoms with E-state index < -0.39 is 5.41 Å². The van der Waals surface area contributed by atoms with Crippen LogP contribution in [0.15, 0.2) is 0 Å². The summed E-state index contributed by atoms with van der Waals surface area (Å²) in [5, 5.41) is 2.96. The summed E-state index contributed by atoms with van der Waals surface area (Å²) in [7, 11) is 1.62. The zero-order valence-corrected chi connectivity index (χ0v) is 11.6. The maximum Gasteiger partial charge on any atom is 0.227 e. The molecule has 0 fully saturated rings. The number of methoxy groups -OCH3 is 1. The van der Waals surface area contributed by atoms with Crippen LogP contribution in [-0.4, -0.2) is 26.2 Å². The molecule has 0 unspecified atom stereocenters. The van der Waals surface area contributed by atoms with E-state index in [0.717, 1.165) is 19.4 Å². The highest BCUT2D eigenvalue weighted by Gasteiger charge is 2.27. The van der Waals surface area contributed by atoms with E-state index in [4.69, 9.17) is 4.74 Å². The Bertz CT molecular complexity index is 222. The number of hydrogen-bond donors (Lipinski definition) is 1. The molecular weight excluding hydrogens is 202 g/mol. The van der Waals surface area contributed by atoms with Crippen molar-refractivity contribution in [3.63, 3.8) is 0 Å². The summed E-state index contributed by atoms with van der Waals surface area (Å²) in [6.45, 7) is 11.6. The molecular formula is C13H29NO2. The Morgan fingerprint density at radius 1 is 1.25 bits per heavy atom. The van der Waals surface area contributed by atoms with Gasteiger partial charge in [-0.05, 0) is 32.1 Å². The number of amides is 1. The maximum absolute atomic E-state index is 11.8. The van der Waals surface area contributed by atoms with E-state index in [2.05, 4.69) is 26.1 Å². The molecule has 3 nitrogen and oxygen atoms in total. The molecule has 0 aromatic rings. The monoisotopic (exact) mass is 231 g/mol. The fourth-order valence-corrected chi connectivity index (χ4v) is 1.49. The lowest BCUT2D eigenvalue weighted by Crippen LogP contribution is -2.40. The topological polar surface area (TPSA) is 38.3 Å².